The predicted molar refractivity (Wildman–Crippen MR) is 84.5 cm³/mol. The molecule has 0 aliphatic rings. The molecule has 1 heterocycles. The van der Waals surface area contributed by atoms with Gasteiger partial charge >= 0.3 is 6.01 Å². The molecule has 0 saturated heterocycles. The Bertz CT molecular complexity index is 778. The monoisotopic (exact) mass is 297 g/mol. The van der Waals surface area contributed by atoms with Crippen LogP contribution in [0, 0.1) is 0 Å². The first-order chi connectivity index (χ1) is 10.8. The Kier molecular flexibility index (Phi) is 3.91. The minimum Gasteiger partial charge on any atom is -0.507 e. The fourth-order valence-corrected chi connectivity index (χ4v) is 1.97. The summed E-state index contributed by atoms with van der Waals surface area (Å²) < 4.78 is 10.8. The summed E-state index contributed by atoms with van der Waals surface area (Å²) in [6.45, 7) is 2.43. The zero-order valence-corrected chi connectivity index (χ0v) is 12.0. The second kappa shape index (κ2) is 6.17. The van der Waals surface area contributed by atoms with Gasteiger partial charge in [0, 0.05) is 11.6 Å². The molecule has 6 heteroatoms. The summed E-state index contributed by atoms with van der Waals surface area (Å²) in [5.74, 6) is 0.707. The van der Waals surface area contributed by atoms with Gasteiger partial charge in [-0.1, -0.05) is 12.1 Å². The molecule has 112 valence electrons. The lowest BCUT2D eigenvalue weighted by Crippen LogP contribution is -1.93. The van der Waals surface area contributed by atoms with Crippen LogP contribution in [0.2, 0.25) is 0 Å². The van der Waals surface area contributed by atoms with Crippen LogP contribution < -0.4 is 10.2 Å². The lowest BCUT2D eigenvalue weighted by atomic mass is 10.2. The number of rotatable bonds is 5. The molecule has 6 nitrogen and oxygen atoms in total. The molecule has 3 aromatic rings. The van der Waals surface area contributed by atoms with Crippen LogP contribution in [0.1, 0.15) is 12.5 Å². The lowest BCUT2D eigenvalue weighted by molar-refractivity contribution is 0.337. The molecule has 0 saturated carbocycles. The number of fused-ring (bicyclic) bond motifs is 1. The summed E-state index contributed by atoms with van der Waals surface area (Å²) in [6, 6.07) is 12.8. The molecule has 0 aliphatic carbocycles. The number of nitrogens with zero attached hydrogens (tertiary/aromatic N) is 2. The molecular weight excluding hydrogens is 282 g/mol. The van der Waals surface area contributed by atoms with E-state index in [1.165, 1.54) is 6.21 Å². The summed E-state index contributed by atoms with van der Waals surface area (Å²) in [5.41, 5.74) is 4.70. The van der Waals surface area contributed by atoms with Gasteiger partial charge < -0.3 is 14.3 Å². The van der Waals surface area contributed by atoms with Crippen molar-refractivity contribution in [2.75, 3.05) is 12.0 Å². The zero-order valence-electron chi connectivity index (χ0n) is 12.0. The van der Waals surface area contributed by atoms with Gasteiger partial charge in [0.05, 0.1) is 12.8 Å². The van der Waals surface area contributed by atoms with Gasteiger partial charge in [-0.25, -0.2) is 5.43 Å². The highest BCUT2D eigenvalue weighted by Crippen LogP contribution is 2.22. The second-order valence-corrected chi connectivity index (χ2v) is 4.51. The van der Waals surface area contributed by atoms with Gasteiger partial charge in [0.1, 0.15) is 17.0 Å². The predicted octanol–water partition coefficient (Wildman–Crippen LogP) is 3.38. The number of phenols is 1. The van der Waals surface area contributed by atoms with Crippen LogP contribution in [0.25, 0.3) is 11.1 Å². The number of hydrogen-bond acceptors (Lipinski definition) is 6. The number of oxazole rings is 1. The van der Waals surface area contributed by atoms with Crippen LogP contribution in [0.3, 0.4) is 0 Å². The van der Waals surface area contributed by atoms with Gasteiger partial charge in [-0.2, -0.15) is 10.1 Å². The van der Waals surface area contributed by atoms with Crippen molar-refractivity contribution in [3.05, 3.63) is 48.0 Å². The number of hydrogen-bond donors (Lipinski definition) is 2. The number of para-hydroxylation sites is 2. The summed E-state index contributed by atoms with van der Waals surface area (Å²) in [4.78, 5) is 4.23. The maximum atomic E-state index is 9.89. The fourth-order valence-electron chi connectivity index (χ4n) is 1.97. The largest absolute Gasteiger partial charge is 0.507 e. The lowest BCUT2D eigenvalue weighted by Gasteiger charge is -2.04. The molecule has 0 unspecified atom stereocenters. The Labute approximate surface area is 127 Å². The highest BCUT2D eigenvalue weighted by atomic mass is 16.5. The van der Waals surface area contributed by atoms with E-state index in [2.05, 4.69) is 15.5 Å². The van der Waals surface area contributed by atoms with E-state index in [0.29, 0.717) is 29.5 Å². The van der Waals surface area contributed by atoms with Gasteiger partial charge in [-0.05, 0) is 31.2 Å². The molecule has 0 amide bonds. The van der Waals surface area contributed by atoms with E-state index < -0.39 is 0 Å². The molecule has 22 heavy (non-hydrogen) atoms. The molecule has 1 aromatic heterocycles. The SMILES string of the molecule is CCOc1ccc(/C=N/Nc2nc3ccccc3o2)c(O)c1. The van der Waals surface area contributed by atoms with E-state index in [4.69, 9.17) is 9.15 Å². The highest BCUT2D eigenvalue weighted by molar-refractivity contribution is 5.84. The summed E-state index contributed by atoms with van der Waals surface area (Å²) in [5, 5.41) is 13.9. The van der Waals surface area contributed by atoms with E-state index in [9.17, 15) is 5.11 Å². The van der Waals surface area contributed by atoms with Crippen LogP contribution in [-0.2, 0) is 0 Å². The number of aromatic hydroxyl groups is 1. The van der Waals surface area contributed by atoms with Crippen LogP contribution in [0.5, 0.6) is 11.5 Å². The second-order valence-electron chi connectivity index (χ2n) is 4.51. The number of aromatic nitrogens is 1. The van der Waals surface area contributed by atoms with E-state index in [1.807, 2.05) is 31.2 Å². The summed E-state index contributed by atoms with van der Waals surface area (Å²) >= 11 is 0. The summed E-state index contributed by atoms with van der Waals surface area (Å²) in [7, 11) is 0. The number of benzene rings is 2. The van der Waals surface area contributed by atoms with Crippen molar-refractivity contribution in [3.63, 3.8) is 0 Å². The van der Waals surface area contributed by atoms with Crippen molar-refractivity contribution in [2.45, 2.75) is 6.92 Å². The number of hydrazone groups is 1. The highest BCUT2D eigenvalue weighted by Gasteiger charge is 2.04. The van der Waals surface area contributed by atoms with Gasteiger partial charge in [0.15, 0.2) is 5.58 Å². The van der Waals surface area contributed by atoms with Gasteiger partial charge in [0.2, 0.25) is 0 Å². The summed E-state index contributed by atoms with van der Waals surface area (Å²) in [6.07, 6.45) is 1.49. The average molecular weight is 297 g/mol. The number of nitrogens with one attached hydrogen (secondary N) is 1. The normalized spacial score (nSPS) is 11.1. The van der Waals surface area contributed by atoms with E-state index in [0.717, 1.165) is 5.52 Å². The molecule has 2 N–H and O–H groups in total. The molecule has 2 aromatic carbocycles. The molecule has 3 rings (SSSR count). The average Bonchev–Trinajstić information content (AvgIpc) is 2.92. The van der Waals surface area contributed by atoms with Crippen LogP contribution in [0.4, 0.5) is 6.01 Å². The van der Waals surface area contributed by atoms with Crippen molar-refractivity contribution >= 4 is 23.3 Å². The Balaban J connectivity index is 1.71. The first-order valence-corrected chi connectivity index (χ1v) is 6.86. The third-order valence-corrected chi connectivity index (χ3v) is 2.97. The molecule has 0 fully saturated rings. The maximum absolute atomic E-state index is 9.89. The number of ether oxygens (including phenoxy) is 1. The minimum absolute atomic E-state index is 0.0917. The topological polar surface area (TPSA) is 79.9 Å². The van der Waals surface area contributed by atoms with Crippen LogP contribution in [0.15, 0.2) is 52.0 Å². The van der Waals surface area contributed by atoms with Crippen LogP contribution >= 0.6 is 0 Å². The number of phenolic OH excluding ortho intramolecular Hbond substituents is 1. The third-order valence-electron chi connectivity index (χ3n) is 2.97. The van der Waals surface area contributed by atoms with Crippen molar-refractivity contribution < 1.29 is 14.3 Å². The molecule has 0 atom stereocenters. The van der Waals surface area contributed by atoms with Gasteiger partial charge in [-0.15, -0.1) is 0 Å². The first kappa shape index (κ1) is 13.9. The van der Waals surface area contributed by atoms with Gasteiger partial charge in [-0.3, -0.25) is 0 Å². The van der Waals surface area contributed by atoms with Crippen molar-refractivity contribution in [1.82, 2.24) is 4.98 Å². The van der Waals surface area contributed by atoms with Crippen molar-refractivity contribution in [1.29, 1.82) is 0 Å². The number of anilines is 1. The Hall–Kier alpha value is -3.02. The Morgan fingerprint density at radius 3 is 2.95 bits per heavy atom. The standard InChI is InChI=1S/C16H15N3O3/c1-2-21-12-8-7-11(14(20)9-12)10-17-19-16-18-13-5-3-4-6-15(13)22-16/h3-10,20H,2H2,1H3,(H,18,19)/b17-10+. The maximum Gasteiger partial charge on any atom is 0.316 e. The molecule has 0 aliphatic heterocycles. The van der Waals surface area contributed by atoms with Crippen molar-refractivity contribution in [3.8, 4) is 11.5 Å². The molecule has 0 bridgehead atoms. The first-order valence-electron chi connectivity index (χ1n) is 6.86. The van der Waals surface area contributed by atoms with E-state index in [1.54, 1.807) is 18.2 Å². The fraction of sp³-hybridized carbons (Fsp3) is 0.125. The zero-order chi connectivity index (χ0) is 15.4. The van der Waals surface area contributed by atoms with Crippen LogP contribution in [-0.4, -0.2) is 22.9 Å². The third kappa shape index (κ3) is 3.01. The van der Waals surface area contributed by atoms with E-state index >= 15 is 0 Å². The Morgan fingerprint density at radius 2 is 2.18 bits per heavy atom. The molecular formula is C16H15N3O3. The van der Waals surface area contributed by atoms with Gasteiger partial charge in [0.25, 0.3) is 0 Å². The molecule has 0 spiro atoms. The Morgan fingerprint density at radius 1 is 1.32 bits per heavy atom. The quantitative estimate of drug-likeness (QED) is 0.557. The van der Waals surface area contributed by atoms with E-state index in [-0.39, 0.29) is 5.75 Å². The smallest absolute Gasteiger partial charge is 0.316 e. The minimum atomic E-state index is 0.0917. The molecule has 0 radical (unpaired) electrons. The van der Waals surface area contributed by atoms with Crippen molar-refractivity contribution in [2.24, 2.45) is 5.10 Å².